The van der Waals surface area contributed by atoms with Gasteiger partial charge in [-0.15, -0.1) is 0 Å². The van der Waals surface area contributed by atoms with Gasteiger partial charge in [0, 0.05) is 17.7 Å². The van der Waals surface area contributed by atoms with Crippen LogP contribution in [0.15, 0.2) is 18.2 Å². The van der Waals surface area contributed by atoms with Crippen molar-refractivity contribution in [2.75, 3.05) is 13.7 Å². The molecule has 21 heavy (non-hydrogen) atoms. The van der Waals surface area contributed by atoms with E-state index in [0.717, 1.165) is 18.9 Å². The van der Waals surface area contributed by atoms with Crippen LogP contribution in [-0.2, 0) is 0 Å². The third-order valence-electron chi connectivity index (χ3n) is 3.83. The number of hydrogen-bond acceptors (Lipinski definition) is 2. The van der Waals surface area contributed by atoms with Gasteiger partial charge in [0.1, 0.15) is 11.6 Å². The highest BCUT2D eigenvalue weighted by atomic mass is 19.1. The fraction of sp³-hybridized carbons (Fsp3) is 0.667. The maximum atomic E-state index is 13.9. The number of rotatable bonds is 10. The average molecular weight is 295 g/mol. The normalized spacial score (nSPS) is 12.7. The van der Waals surface area contributed by atoms with E-state index in [1.54, 1.807) is 13.2 Å². The van der Waals surface area contributed by atoms with Crippen molar-refractivity contribution >= 4 is 0 Å². The van der Waals surface area contributed by atoms with E-state index in [4.69, 9.17) is 4.74 Å². The van der Waals surface area contributed by atoms with E-state index in [1.165, 1.54) is 31.7 Å². The summed E-state index contributed by atoms with van der Waals surface area (Å²) < 4.78 is 18.9. The zero-order valence-corrected chi connectivity index (χ0v) is 13.9. The lowest BCUT2D eigenvalue weighted by molar-refractivity contribution is 0.409. The molecule has 0 heterocycles. The lowest BCUT2D eigenvalue weighted by Crippen LogP contribution is -2.20. The molecule has 0 aromatic heterocycles. The topological polar surface area (TPSA) is 21.3 Å². The third kappa shape index (κ3) is 6.94. The van der Waals surface area contributed by atoms with Crippen LogP contribution in [0, 0.1) is 11.7 Å². The number of halogens is 1. The minimum atomic E-state index is -0.203. The molecule has 0 amide bonds. The first kappa shape index (κ1) is 18.0. The van der Waals surface area contributed by atoms with Crippen LogP contribution in [0.4, 0.5) is 4.39 Å². The molecule has 0 bridgehead atoms. The molecule has 1 unspecified atom stereocenters. The van der Waals surface area contributed by atoms with Gasteiger partial charge in [-0.25, -0.2) is 4.39 Å². The summed E-state index contributed by atoms with van der Waals surface area (Å²) in [6.45, 7) is 7.48. The highest BCUT2D eigenvalue weighted by Crippen LogP contribution is 2.21. The molecule has 0 saturated heterocycles. The molecule has 1 aromatic rings. The van der Waals surface area contributed by atoms with E-state index < -0.39 is 0 Å². The van der Waals surface area contributed by atoms with Crippen molar-refractivity contribution in [1.82, 2.24) is 5.32 Å². The highest BCUT2D eigenvalue weighted by molar-refractivity contribution is 5.30. The molecule has 1 rings (SSSR count). The van der Waals surface area contributed by atoms with Crippen LogP contribution in [-0.4, -0.2) is 13.7 Å². The van der Waals surface area contributed by atoms with Crippen LogP contribution in [0.5, 0.6) is 5.75 Å². The Morgan fingerprint density at radius 2 is 1.81 bits per heavy atom. The van der Waals surface area contributed by atoms with Gasteiger partial charge in [-0.1, -0.05) is 45.6 Å². The van der Waals surface area contributed by atoms with Gasteiger partial charge in [0.05, 0.1) is 7.11 Å². The van der Waals surface area contributed by atoms with Crippen LogP contribution < -0.4 is 10.1 Å². The van der Waals surface area contributed by atoms with E-state index in [2.05, 4.69) is 19.2 Å². The molecule has 0 fully saturated rings. The molecule has 0 spiro atoms. The number of methoxy groups -OCH3 is 1. The van der Waals surface area contributed by atoms with E-state index in [1.807, 2.05) is 13.0 Å². The molecule has 120 valence electrons. The number of unbranched alkanes of at least 4 members (excludes halogenated alkanes) is 3. The van der Waals surface area contributed by atoms with Crippen LogP contribution in [0.3, 0.4) is 0 Å². The maximum Gasteiger partial charge on any atom is 0.131 e. The highest BCUT2D eigenvalue weighted by Gasteiger charge is 2.10. The summed E-state index contributed by atoms with van der Waals surface area (Å²) in [5.41, 5.74) is 0.704. The molecular weight excluding hydrogens is 265 g/mol. The Labute approximate surface area is 129 Å². The van der Waals surface area contributed by atoms with Gasteiger partial charge in [0.25, 0.3) is 0 Å². The summed E-state index contributed by atoms with van der Waals surface area (Å²) in [5.74, 6) is 1.17. The van der Waals surface area contributed by atoms with Gasteiger partial charge >= 0.3 is 0 Å². The second-order valence-corrected chi connectivity index (χ2v) is 6.16. The predicted molar refractivity (Wildman–Crippen MR) is 87.3 cm³/mol. The molecular formula is C18H30FNO. The lowest BCUT2D eigenvalue weighted by atomic mass is 10.0. The fourth-order valence-electron chi connectivity index (χ4n) is 2.45. The van der Waals surface area contributed by atoms with Gasteiger partial charge in [-0.05, 0) is 31.9 Å². The molecule has 0 aliphatic rings. The average Bonchev–Trinajstić information content (AvgIpc) is 2.45. The van der Waals surface area contributed by atoms with Crippen molar-refractivity contribution < 1.29 is 9.13 Å². The van der Waals surface area contributed by atoms with Crippen molar-refractivity contribution in [1.29, 1.82) is 0 Å². The first-order valence-corrected chi connectivity index (χ1v) is 8.11. The standard InChI is InChI=1S/C18H30FNO/c1-14(2)9-7-5-6-8-12-20-15(3)17-11-10-16(21-4)13-18(17)19/h10-11,13-15,20H,5-9,12H2,1-4H3. The quantitative estimate of drug-likeness (QED) is 0.607. The Hall–Kier alpha value is -1.09. The Balaban J connectivity index is 2.23. The summed E-state index contributed by atoms with van der Waals surface area (Å²) >= 11 is 0. The van der Waals surface area contributed by atoms with E-state index in [-0.39, 0.29) is 11.9 Å². The first-order valence-electron chi connectivity index (χ1n) is 8.11. The van der Waals surface area contributed by atoms with Crippen LogP contribution >= 0.6 is 0 Å². The van der Waals surface area contributed by atoms with Gasteiger partial charge in [-0.2, -0.15) is 0 Å². The van der Waals surface area contributed by atoms with E-state index in [9.17, 15) is 4.39 Å². The summed E-state index contributed by atoms with van der Waals surface area (Å²) in [6, 6.07) is 5.09. The van der Waals surface area contributed by atoms with Gasteiger partial charge in [0.2, 0.25) is 0 Å². The third-order valence-corrected chi connectivity index (χ3v) is 3.83. The summed E-state index contributed by atoms with van der Waals surface area (Å²) in [7, 11) is 1.55. The Bertz CT molecular complexity index is 406. The second kappa shape index (κ2) is 9.78. The Morgan fingerprint density at radius 3 is 2.43 bits per heavy atom. The van der Waals surface area contributed by atoms with Crippen molar-refractivity contribution in [2.45, 2.75) is 58.9 Å². The van der Waals surface area contributed by atoms with Crippen molar-refractivity contribution in [2.24, 2.45) is 5.92 Å². The summed E-state index contributed by atoms with van der Waals surface area (Å²) in [4.78, 5) is 0. The van der Waals surface area contributed by atoms with E-state index in [0.29, 0.717) is 11.3 Å². The molecule has 1 atom stereocenters. The molecule has 1 N–H and O–H groups in total. The van der Waals surface area contributed by atoms with Crippen LogP contribution in [0.25, 0.3) is 0 Å². The van der Waals surface area contributed by atoms with Gasteiger partial charge < -0.3 is 10.1 Å². The number of hydrogen-bond donors (Lipinski definition) is 1. The summed E-state index contributed by atoms with van der Waals surface area (Å²) in [5, 5.41) is 3.40. The van der Waals surface area contributed by atoms with Crippen molar-refractivity contribution in [3.05, 3.63) is 29.6 Å². The van der Waals surface area contributed by atoms with E-state index >= 15 is 0 Å². The molecule has 1 aromatic carbocycles. The maximum absolute atomic E-state index is 13.9. The molecule has 3 heteroatoms. The van der Waals surface area contributed by atoms with Crippen LogP contribution in [0.2, 0.25) is 0 Å². The summed E-state index contributed by atoms with van der Waals surface area (Å²) in [6.07, 6.45) is 6.34. The van der Waals surface area contributed by atoms with Crippen molar-refractivity contribution in [3.63, 3.8) is 0 Å². The van der Waals surface area contributed by atoms with Gasteiger partial charge in [0.15, 0.2) is 0 Å². The number of ether oxygens (including phenoxy) is 1. The van der Waals surface area contributed by atoms with Crippen molar-refractivity contribution in [3.8, 4) is 5.75 Å². The molecule has 0 aliphatic heterocycles. The zero-order chi connectivity index (χ0) is 15.7. The number of benzene rings is 1. The minimum absolute atomic E-state index is 0.0339. The second-order valence-electron chi connectivity index (χ2n) is 6.16. The largest absolute Gasteiger partial charge is 0.497 e. The minimum Gasteiger partial charge on any atom is -0.497 e. The molecule has 2 nitrogen and oxygen atoms in total. The smallest absolute Gasteiger partial charge is 0.131 e. The molecule has 0 aliphatic carbocycles. The Kier molecular flexibility index (Phi) is 8.36. The van der Waals surface area contributed by atoms with Crippen LogP contribution in [0.1, 0.15) is 64.5 Å². The zero-order valence-electron chi connectivity index (χ0n) is 13.9. The predicted octanol–water partition coefficient (Wildman–Crippen LogP) is 5.09. The lowest BCUT2D eigenvalue weighted by Gasteiger charge is -2.15. The number of nitrogens with one attached hydrogen (secondary N) is 1. The fourth-order valence-corrected chi connectivity index (χ4v) is 2.45. The Morgan fingerprint density at radius 1 is 1.10 bits per heavy atom. The SMILES string of the molecule is COc1ccc(C(C)NCCCCCCC(C)C)c(F)c1. The molecule has 0 saturated carbocycles. The molecule has 0 radical (unpaired) electrons. The van der Waals surface area contributed by atoms with Gasteiger partial charge in [-0.3, -0.25) is 0 Å². The monoisotopic (exact) mass is 295 g/mol. The first-order chi connectivity index (χ1) is 10.0.